The molecule has 1 amide bonds. The zero-order valence-electron chi connectivity index (χ0n) is 16.7. The van der Waals surface area contributed by atoms with Crippen LogP contribution in [0.1, 0.15) is 62.2 Å². The van der Waals surface area contributed by atoms with Crippen molar-refractivity contribution in [1.82, 2.24) is 9.36 Å². The number of hydrogen-bond donors (Lipinski definition) is 0. The molecule has 2 aromatic rings. The van der Waals surface area contributed by atoms with Crippen LogP contribution in [0, 0.1) is 0 Å². The molecule has 0 spiro atoms. The molecule has 0 saturated heterocycles. The monoisotopic (exact) mass is 459 g/mol. The summed E-state index contributed by atoms with van der Waals surface area (Å²) >= 11 is 3.16. The van der Waals surface area contributed by atoms with Gasteiger partial charge < -0.3 is 0 Å². The van der Waals surface area contributed by atoms with Crippen molar-refractivity contribution < 1.29 is 18.0 Å². The molecule has 2 rings (SSSR count). The first-order valence-electron chi connectivity index (χ1n) is 9.09. The average Bonchev–Trinajstić information content (AvgIpc) is 2.88. The standard InChI is InChI=1S/C20H25BrF3N3O/c1-6-7-10-27-17(12-16(26(27)5)19(2,3)4)25-18(28)14-11-13(20(22,23)24)8-9-15(14)21/h8-9,11-12H,6-7,10H2,1-5H3/b25-17-. The molecule has 1 aromatic carbocycles. The summed E-state index contributed by atoms with van der Waals surface area (Å²) in [5, 5.41) is 0. The molecule has 0 atom stereocenters. The number of carbonyl (C=O) groups is 1. The second kappa shape index (κ2) is 8.27. The van der Waals surface area contributed by atoms with E-state index in [1.165, 1.54) is 6.07 Å². The first-order valence-corrected chi connectivity index (χ1v) is 9.88. The van der Waals surface area contributed by atoms with Gasteiger partial charge in [-0.2, -0.15) is 18.2 Å². The van der Waals surface area contributed by atoms with E-state index in [4.69, 9.17) is 0 Å². The Hall–Kier alpha value is -1.83. The Balaban J connectivity index is 2.60. The molecule has 0 N–H and O–H groups in total. The molecule has 0 aliphatic heterocycles. The summed E-state index contributed by atoms with van der Waals surface area (Å²) in [4.78, 5) is 16.9. The molecule has 0 fully saturated rings. The molecule has 0 aliphatic carbocycles. The lowest BCUT2D eigenvalue weighted by Crippen LogP contribution is -2.25. The van der Waals surface area contributed by atoms with Crippen molar-refractivity contribution in [3.63, 3.8) is 0 Å². The SMILES string of the molecule is CCCCn1/c(=N\C(=O)c2cc(C(F)(F)F)ccc2Br)cc(C(C)(C)C)n1C. The van der Waals surface area contributed by atoms with Gasteiger partial charge in [-0.05, 0) is 40.5 Å². The molecule has 0 saturated carbocycles. The van der Waals surface area contributed by atoms with Gasteiger partial charge in [-0.15, -0.1) is 0 Å². The third kappa shape index (κ3) is 4.96. The maximum Gasteiger partial charge on any atom is 0.416 e. The van der Waals surface area contributed by atoms with Crippen molar-refractivity contribution in [2.24, 2.45) is 12.0 Å². The normalized spacial score (nSPS) is 13.2. The molecule has 1 heterocycles. The zero-order chi connectivity index (χ0) is 21.3. The van der Waals surface area contributed by atoms with Crippen LogP contribution in [0.4, 0.5) is 13.2 Å². The third-order valence-electron chi connectivity index (χ3n) is 4.47. The lowest BCUT2D eigenvalue weighted by molar-refractivity contribution is -0.137. The van der Waals surface area contributed by atoms with E-state index >= 15 is 0 Å². The molecular formula is C20H25BrF3N3O. The maximum atomic E-state index is 13.0. The van der Waals surface area contributed by atoms with Crippen LogP contribution >= 0.6 is 15.9 Å². The molecule has 4 nitrogen and oxygen atoms in total. The number of rotatable bonds is 4. The minimum Gasteiger partial charge on any atom is -0.291 e. The summed E-state index contributed by atoms with van der Waals surface area (Å²) in [7, 11) is 1.90. The quantitative estimate of drug-likeness (QED) is 0.599. The summed E-state index contributed by atoms with van der Waals surface area (Å²) < 4.78 is 43.2. The summed E-state index contributed by atoms with van der Waals surface area (Å²) in [5.74, 6) is -0.714. The van der Waals surface area contributed by atoms with E-state index in [-0.39, 0.29) is 15.5 Å². The van der Waals surface area contributed by atoms with E-state index in [1.807, 2.05) is 22.5 Å². The second-order valence-corrected chi connectivity index (χ2v) is 8.60. The minimum absolute atomic E-state index is 0.113. The van der Waals surface area contributed by atoms with Crippen LogP contribution in [-0.2, 0) is 25.2 Å². The molecule has 0 bridgehead atoms. The summed E-state index contributed by atoms with van der Waals surface area (Å²) in [6, 6.07) is 4.82. The predicted octanol–water partition coefficient (Wildman–Crippen LogP) is 5.45. The first-order chi connectivity index (χ1) is 12.9. The lowest BCUT2D eigenvalue weighted by Gasteiger charge is -2.20. The van der Waals surface area contributed by atoms with Crippen molar-refractivity contribution >= 4 is 21.8 Å². The van der Waals surface area contributed by atoms with Crippen LogP contribution in [-0.4, -0.2) is 15.3 Å². The van der Waals surface area contributed by atoms with Gasteiger partial charge in [0.25, 0.3) is 5.91 Å². The number of hydrogen-bond acceptors (Lipinski definition) is 1. The van der Waals surface area contributed by atoms with E-state index in [0.717, 1.165) is 30.7 Å². The highest BCUT2D eigenvalue weighted by Crippen LogP contribution is 2.32. The van der Waals surface area contributed by atoms with Gasteiger partial charge in [-0.1, -0.05) is 34.1 Å². The third-order valence-corrected chi connectivity index (χ3v) is 5.16. The second-order valence-electron chi connectivity index (χ2n) is 7.75. The van der Waals surface area contributed by atoms with E-state index in [9.17, 15) is 18.0 Å². The number of carbonyl (C=O) groups excluding carboxylic acids is 1. The van der Waals surface area contributed by atoms with Crippen molar-refractivity contribution in [1.29, 1.82) is 0 Å². The first kappa shape index (κ1) is 22.5. The van der Waals surface area contributed by atoms with Gasteiger partial charge in [-0.3, -0.25) is 14.2 Å². The Bertz CT molecular complexity index is 934. The Labute approximate surface area is 171 Å². The predicted molar refractivity (Wildman–Crippen MR) is 106 cm³/mol. The van der Waals surface area contributed by atoms with Crippen LogP contribution < -0.4 is 5.49 Å². The van der Waals surface area contributed by atoms with Gasteiger partial charge in [0, 0.05) is 35.2 Å². The Morgan fingerprint density at radius 1 is 1.18 bits per heavy atom. The van der Waals surface area contributed by atoms with Crippen LogP contribution in [0.3, 0.4) is 0 Å². The summed E-state index contributed by atoms with van der Waals surface area (Å²) in [6.45, 7) is 8.90. The molecule has 8 heteroatoms. The van der Waals surface area contributed by atoms with Crippen molar-refractivity contribution in [2.45, 2.75) is 58.7 Å². The minimum atomic E-state index is -4.52. The van der Waals surface area contributed by atoms with Gasteiger partial charge in [-0.25, -0.2) is 0 Å². The smallest absolute Gasteiger partial charge is 0.291 e. The lowest BCUT2D eigenvalue weighted by atomic mass is 9.92. The van der Waals surface area contributed by atoms with Crippen molar-refractivity contribution in [3.05, 3.63) is 51.0 Å². The van der Waals surface area contributed by atoms with Gasteiger partial charge >= 0.3 is 6.18 Å². The zero-order valence-corrected chi connectivity index (χ0v) is 18.3. The van der Waals surface area contributed by atoms with Gasteiger partial charge in [0.15, 0.2) is 5.49 Å². The Kier molecular flexibility index (Phi) is 6.63. The van der Waals surface area contributed by atoms with Gasteiger partial charge in [0.1, 0.15) is 0 Å². The fourth-order valence-electron chi connectivity index (χ4n) is 2.97. The number of benzene rings is 1. The van der Waals surface area contributed by atoms with E-state index in [0.29, 0.717) is 12.0 Å². The largest absolute Gasteiger partial charge is 0.416 e. The highest BCUT2D eigenvalue weighted by atomic mass is 79.9. The van der Waals surface area contributed by atoms with Gasteiger partial charge in [0.2, 0.25) is 0 Å². The summed E-state index contributed by atoms with van der Waals surface area (Å²) in [6.07, 6.45) is -2.66. The molecule has 0 aliphatic rings. The number of amides is 1. The molecule has 0 radical (unpaired) electrons. The van der Waals surface area contributed by atoms with Crippen LogP contribution in [0.15, 0.2) is 33.7 Å². The highest BCUT2D eigenvalue weighted by Gasteiger charge is 2.31. The topological polar surface area (TPSA) is 39.3 Å². The Morgan fingerprint density at radius 3 is 2.36 bits per heavy atom. The van der Waals surface area contributed by atoms with Crippen LogP contribution in [0.5, 0.6) is 0 Å². The van der Waals surface area contributed by atoms with Crippen molar-refractivity contribution in [2.75, 3.05) is 0 Å². The van der Waals surface area contributed by atoms with Crippen LogP contribution in [0.2, 0.25) is 0 Å². The maximum absolute atomic E-state index is 13.0. The number of alkyl halides is 3. The Morgan fingerprint density at radius 2 is 1.82 bits per heavy atom. The molecule has 154 valence electrons. The number of aromatic nitrogens is 2. The van der Waals surface area contributed by atoms with Crippen molar-refractivity contribution in [3.8, 4) is 0 Å². The molecule has 0 unspecified atom stereocenters. The average molecular weight is 460 g/mol. The summed E-state index contributed by atoms with van der Waals surface area (Å²) in [5.41, 5.74) is 0.263. The number of halogens is 4. The fourth-order valence-corrected chi connectivity index (χ4v) is 3.38. The number of unbranched alkanes of at least 4 members (excludes halogenated alkanes) is 1. The molecular weight excluding hydrogens is 435 g/mol. The number of nitrogens with zero attached hydrogens (tertiary/aromatic N) is 3. The van der Waals surface area contributed by atoms with E-state index in [2.05, 4.69) is 48.6 Å². The highest BCUT2D eigenvalue weighted by molar-refractivity contribution is 9.10. The van der Waals surface area contributed by atoms with E-state index in [1.54, 1.807) is 0 Å². The van der Waals surface area contributed by atoms with Crippen LogP contribution in [0.25, 0.3) is 0 Å². The fraction of sp³-hybridized carbons (Fsp3) is 0.500. The van der Waals surface area contributed by atoms with Gasteiger partial charge in [0.05, 0.1) is 11.1 Å². The molecule has 1 aromatic heterocycles. The molecule has 28 heavy (non-hydrogen) atoms. The van der Waals surface area contributed by atoms with E-state index < -0.39 is 17.6 Å².